The highest BCUT2D eigenvalue weighted by atomic mass is 16.6. The Labute approximate surface area is 155 Å². The summed E-state index contributed by atoms with van der Waals surface area (Å²) < 4.78 is 5.38. The van der Waals surface area contributed by atoms with Gasteiger partial charge in [0.15, 0.2) is 6.61 Å². The Kier molecular flexibility index (Phi) is 4.30. The first-order chi connectivity index (χ1) is 13.1. The minimum atomic E-state index is -0.484. The lowest BCUT2D eigenvalue weighted by Gasteiger charge is -2.09. The van der Waals surface area contributed by atoms with Gasteiger partial charge in [0, 0.05) is 17.8 Å². The van der Waals surface area contributed by atoms with Gasteiger partial charge < -0.3 is 10.1 Å². The van der Waals surface area contributed by atoms with Gasteiger partial charge in [-0.25, -0.2) is 0 Å². The molecule has 0 bridgehead atoms. The molecule has 0 saturated carbocycles. The monoisotopic (exact) mass is 360 g/mol. The van der Waals surface area contributed by atoms with Gasteiger partial charge in [0.1, 0.15) is 5.75 Å². The molecule has 1 aliphatic rings. The number of hydrogen-bond acceptors (Lipinski definition) is 4. The second-order valence-electron chi connectivity index (χ2n) is 6.29. The molecule has 1 amide bonds. The lowest BCUT2D eigenvalue weighted by atomic mass is 10.1. The summed E-state index contributed by atoms with van der Waals surface area (Å²) in [6.45, 7) is -0.172. The first-order valence-corrected chi connectivity index (χ1v) is 8.48. The number of non-ortho nitro benzene ring substituents is 1. The van der Waals surface area contributed by atoms with Gasteiger partial charge in [-0.15, -0.1) is 0 Å². The number of carbonyl (C=O) groups excluding carboxylic acids is 1. The van der Waals surface area contributed by atoms with E-state index in [0.29, 0.717) is 5.75 Å². The van der Waals surface area contributed by atoms with Crippen molar-refractivity contribution in [2.45, 2.75) is 6.42 Å². The average molecular weight is 360 g/mol. The van der Waals surface area contributed by atoms with E-state index in [1.54, 1.807) is 0 Å². The van der Waals surface area contributed by atoms with Gasteiger partial charge in [-0.2, -0.15) is 0 Å². The zero-order valence-corrected chi connectivity index (χ0v) is 14.3. The van der Waals surface area contributed by atoms with Gasteiger partial charge in [0.25, 0.3) is 11.6 Å². The van der Waals surface area contributed by atoms with Crippen LogP contribution >= 0.6 is 0 Å². The third-order valence-corrected chi connectivity index (χ3v) is 4.49. The second kappa shape index (κ2) is 6.92. The van der Waals surface area contributed by atoms with Crippen LogP contribution in [-0.4, -0.2) is 17.4 Å². The standard InChI is InChI=1S/C21H16N2O4/c24-21(13-27-18-8-6-17(7-9-18)23(25)26)22-16-5-10-20-15(12-16)11-14-3-1-2-4-19(14)20/h1-10,12H,11,13H2,(H,22,24). The Morgan fingerprint density at radius 3 is 2.52 bits per heavy atom. The highest BCUT2D eigenvalue weighted by Crippen LogP contribution is 2.37. The number of fused-ring (bicyclic) bond motifs is 3. The van der Waals surface area contributed by atoms with Crippen molar-refractivity contribution in [3.05, 3.63) is 88.0 Å². The van der Waals surface area contributed by atoms with Gasteiger partial charge in [-0.3, -0.25) is 14.9 Å². The Balaban J connectivity index is 1.38. The Morgan fingerprint density at radius 2 is 1.74 bits per heavy atom. The molecular weight excluding hydrogens is 344 g/mol. The number of nitro groups is 1. The number of rotatable bonds is 5. The molecule has 3 aromatic carbocycles. The first kappa shape index (κ1) is 16.8. The Morgan fingerprint density at radius 1 is 1.00 bits per heavy atom. The number of nitro benzene ring substituents is 1. The molecule has 0 atom stereocenters. The van der Waals surface area contributed by atoms with Crippen molar-refractivity contribution in [1.29, 1.82) is 0 Å². The van der Waals surface area contributed by atoms with Crippen LogP contribution < -0.4 is 10.1 Å². The molecule has 0 heterocycles. The van der Waals surface area contributed by atoms with E-state index in [1.807, 2.05) is 30.3 Å². The van der Waals surface area contributed by atoms with E-state index in [4.69, 9.17) is 4.74 Å². The number of carbonyl (C=O) groups is 1. The molecule has 1 aliphatic carbocycles. The van der Waals surface area contributed by atoms with Gasteiger partial charge in [0.05, 0.1) is 4.92 Å². The summed E-state index contributed by atoms with van der Waals surface area (Å²) in [6, 6.07) is 19.8. The van der Waals surface area contributed by atoms with E-state index in [2.05, 4.69) is 17.4 Å². The second-order valence-corrected chi connectivity index (χ2v) is 6.29. The molecule has 6 heteroatoms. The third-order valence-electron chi connectivity index (χ3n) is 4.49. The fourth-order valence-electron chi connectivity index (χ4n) is 3.23. The van der Waals surface area contributed by atoms with E-state index in [9.17, 15) is 14.9 Å². The number of ether oxygens (including phenoxy) is 1. The van der Waals surface area contributed by atoms with Crippen LogP contribution in [0.4, 0.5) is 11.4 Å². The smallest absolute Gasteiger partial charge is 0.269 e. The lowest BCUT2D eigenvalue weighted by Crippen LogP contribution is -2.20. The maximum Gasteiger partial charge on any atom is 0.269 e. The number of amides is 1. The van der Waals surface area contributed by atoms with Crippen LogP contribution in [0.15, 0.2) is 66.7 Å². The maximum atomic E-state index is 12.1. The topological polar surface area (TPSA) is 81.5 Å². The third kappa shape index (κ3) is 3.50. The molecule has 0 aliphatic heterocycles. The van der Waals surface area contributed by atoms with Crippen LogP contribution in [0.25, 0.3) is 11.1 Å². The molecule has 4 rings (SSSR count). The van der Waals surface area contributed by atoms with Gasteiger partial charge in [0.2, 0.25) is 0 Å². The van der Waals surface area contributed by atoms with Gasteiger partial charge in [-0.1, -0.05) is 30.3 Å². The molecule has 3 aromatic rings. The molecular formula is C21H16N2O4. The van der Waals surface area contributed by atoms with Crippen molar-refractivity contribution in [1.82, 2.24) is 0 Å². The van der Waals surface area contributed by atoms with Crippen LogP contribution in [0.1, 0.15) is 11.1 Å². The molecule has 0 fully saturated rings. The molecule has 1 N–H and O–H groups in total. The van der Waals surface area contributed by atoms with Crippen molar-refractivity contribution >= 4 is 17.3 Å². The molecule has 0 radical (unpaired) electrons. The zero-order chi connectivity index (χ0) is 18.8. The summed E-state index contributed by atoms with van der Waals surface area (Å²) in [7, 11) is 0. The minimum Gasteiger partial charge on any atom is -0.484 e. The summed E-state index contributed by atoms with van der Waals surface area (Å²) in [5.41, 5.74) is 5.62. The maximum absolute atomic E-state index is 12.1. The average Bonchev–Trinajstić information content (AvgIpc) is 3.04. The van der Waals surface area contributed by atoms with Crippen molar-refractivity contribution in [2.75, 3.05) is 11.9 Å². The summed E-state index contributed by atoms with van der Waals surface area (Å²) in [6.07, 6.45) is 0.856. The van der Waals surface area contributed by atoms with Gasteiger partial charge in [-0.05, 0) is 52.9 Å². The van der Waals surface area contributed by atoms with Gasteiger partial charge >= 0.3 is 0 Å². The van der Waals surface area contributed by atoms with Crippen LogP contribution in [0.2, 0.25) is 0 Å². The fourth-order valence-corrected chi connectivity index (χ4v) is 3.23. The molecule has 0 aromatic heterocycles. The van der Waals surface area contributed by atoms with E-state index in [-0.39, 0.29) is 18.2 Å². The quantitative estimate of drug-likeness (QED) is 0.427. The number of anilines is 1. The summed E-state index contributed by atoms with van der Waals surface area (Å²) >= 11 is 0. The van der Waals surface area contributed by atoms with Crippen LogP contribution in [0.3, 0.4) is 0 Å². The van der Waals surface area contributed by atoms with Crippen molar-refractivity contribution in [3.8, 4) is 16.9 Å². The Hall–Kier alpha value is -3.67. The van der Waals surface area contributed by atoms with Crippen LogP contribution in [-0.2, 0) is 11.2 Å². The van der Waals surface area contributed by atoms with Crippen LogP contribution in [0.5, 0.6) is 5.75 Å². The number of nitrogens with zero attached hydrogens (tertiary/aromatic N) is 1. The Bertz CT molecular complexity index is 1030. The highest BCUT2D eigenvalue weighted by Gasteiger charge is 2.18. The van der Waals surface area contributed by atoms with Crippen molar-refractivity contribution < 1.29 is 14.5 Å². The van der Waals surface area contributed by atoms with Crippen molar-refractivity contribution in [2.24, 2.45) is 0 Å². The van der Waals surface area contributed by atoms with E-state index < -0.39 is 4.92 Å². The minimum absolute atomic E-state index is 0.0223. The van der Waals surface area contributed by atoms with E-state index >= 15 is 0 Å². The molecule has 134 valence electrons. The number of benzene rings is 3. The summed E-state index contributed by atoms with van der Waals surface area (Å²) in [4.78, 5) is 22.3. The number of nitrogens with one attached hydrogen (secondary N) is 1. The first-order valence-electron chi connectivity index (χ1n) is 8.48. The normalized spacial score (nSPS) is 11.4. The molecule has 6 nitrogen and oxygen atoms in total. The molecule has 0 unspecified atom stereocenters. The number of hydrogen-bond donors (Lipinski definition) is 1. The SMILES string of the molecule is O=C(COc1ccc([N+](=O)[O-])cc1)Nc1ccc2c(c1)Cc1ccccc1-2. The molecule has 0 saturated heterocycles. The summed E-state index contributed by atoms with van der Waals surface area (Å²) in [5.74, 6) is 0.115. The predicted molar refractivity (Wildman–Crippen MR) is 102 cm³/mol. The predicted octanol–water partition coefficient (Wildman–Crippen LogP) is 4.18. The highest BCUT2D eigenvalue weighted by molar-refractivity contribution is 5.92. The van der Waals surface area contributed by atoms with E-state index in [0.717, 1.165) is 12.1 Å². The van der Waals surface area contributed by atoms with E-state index in [1.165, 1.54) is 46.5 Å². The van der Waals surface area contributed by atoms with Crippen molar-refractivity contribution in [3.63, 3.8) is 0 Å². The largest absolute Gasteiger partial charge is 0.484 e. The fraction of sp³-hybridized carbons (Fsp3) is 0.0952. The zero-order valence-electron chi connectivity index (χ0n) is 14.3. The molecule has 0 spiro atoms. The van der Waals surface area contributed by atoms with Crippen LogP contribution in [0, 0.1) is 10.1 Å². The lowest BCUT2D eigenvalue weighted by molar-refractivity contribution is -0.384. The molecule has 27 heavy (non-hydrogen) atoms. The summed E-state index contributed by atoms with van der Waals surface area (Å²) in [5, 5.41) is 13.5.